The molecule has 0 aliphatic heterocycles. The van der Waals surface area contributed by atoms with E-state index in [9.17, 15) is 4.79 Å². The van der Waals surface area contributed by atoms with Gasteiger partial charge in [0.25, 0.3) is 0 Å². The van der Waals surface area contributed by atoms with Gasteiger partial charge in [0.2, 0.25) is 5.91 Å². The number of rotatable bonds is 5. The van der Waals surface area contributed by atoms with Crippen molar-refractivity contribution in [2.45, 2.75) is 26.2 Å². The molecule has 0 aliphatic rings. The lowest BCUT2D eigenvalue weighted by Gasteiger charge is -2.05. The number of carbonyl (C=O) groups is 1. The van der Waals surface area contributed by atoms with Gasteiger partial charge in [-0.15, -0.1) is 0 Å². The average Bonchev–Trinajstić information content (AvgIpc) is 2.45. The number of nitrogens with two attached hydrogens (primary N) is 1. The van der Waals surface area contributed by atoms with Crippen molar-refractivity contribution in [1.29, 1.82) is 0 Å². The van der Waals surface area contributed by atoms with Crippen molar-refractivity contribution in [1.82, 2.24) is 4.98 Å². The van der Waals surface area contributed by atoms with Crippen LogP contribution in [0.2, 0.25) is 0 Å². The van der Waals surface area contributed by atoms with E-state index < -0.39 is 0 Å². The third kappa shape index (κ3) is 3.65. The molecule has 2 aromatic rings. The Morgan fingerprint density at radius 3 is 2.68 bits per heavy atom. The molecule has 0 radical (unpaired) electrons. The Morgan fingerprint density at radius 2 is 2.05 bits per heavy atom. The molecule has 2 N–H and O–H groups in total. The molecular weight excluding hydrogens is 236 g/mol. The van der Waals surface area contributed by atoms with Crippen LogP contribution >= 0.6 is 0 Å². The highest BCUT2D eigenvalue weighted by molar-refractivity contribution is 5.74. The predicted octanol–water partition coefficient (Wildman–Crippen LogP) is 2.73. The minimum absolute atomic E-state index is 0.278. The zero-order valence-corrected chi connectivity index (χ0v) is 11.1. The molecule has 1 aromatic carbocycles. The van der Waals surface area contributed by atoms with Crippen molar-refractivity contribution >= 4 is 5.91 Å². The zero-order valence-electron chi connectivity index (χ0n) is 11.1. The molecule has 0 atom stereocenters. The first-order chi connectivity index (χ1) is 9.19. The SMILES string of the molecule is CCc1cccc(-c2ccc(CCC(N)=O)cn2)c1. The quantitative estimate of drug-likeness (QED) is 0.892. The van der Waals surface area contributed by atoms with Crippen LogP contribution in [0.5, 0.6) is 0 Å². The van der Waals surface area contributed by atoms with Crippen LogP contribution in [0.4, 0.5) is 0 Å². The van der Waals surface area contributed by atoms with E-state index in [0.29, 0.717) is 12.8 Å². The van der Waals surface area contributed by atoms with E-state index in [-0.39, 0.29) is 5.91 Å². The van der Waals surface area contributed by atoms with Crippen LogP contribution in [0, 0.1) is 0 Å². The molecule has 2 rings (SSSR count). The van der Waals surface area contributed by atoms with E-state index in [1.54, 1.807) is 0 Å². The molecule has 0 saturated carbocycles. The molecule has 0 saturated heterocycles. The topological polar surface area (TPSA) is 56.0 Å². The monoisotopic (exact) mass is 254 g/mol. The van der Waals surface area contributed by atoms with Gasteiger partial charge >= 0.3 is 0 Å². The molecule has 1 amide bonds. The van der Waals surface area contributed by atoms with Crippen LogP contribution in [0.25, 0.3) is 11.3 Å². The lowest BCUT2D eigenvalue weighted by Crippen LogP contribution is -2.11. The van der Waals surface area contributed by atoms with Gasteiger partial charge in [0.15, 0.2) is 0 Å². The highest BCUT2D eigenvalue weighted by Gasteiger charge is 2.02. The number of primary amides is 1. The van der Waals surface area contributed by atoms with E-state index in [1.807, 2.05) is 18.3 Å². The molecule has 19 heavy (non-hydrogen) atoms. The van der Waals surface area contributed by atoms with Crippen LogP contribution in [-0.4, -0.2) is 10.9 Å². The second-order valence-electron chi connectivity index (χ2n) is 4.57. The Labute approximate surface area is 113 Å². The van der Waals surface area contributed by atoms with Gasteiger partial charge in [-0.05, 0) is 36.1 Å². The van der Waals surface area contributed by atoms with Crippen molar-refractivity contribution < 1.29 is 4.79 Å². The maximum absolute atomic E-state index is 10.7. The van der Waals surface area contributed by atoms with Gasteiger partial charge in [-0.25, -0.2) is 0 Å². The smallest absolute Gasteiger partial charge is 0.217 e. The summed E-state index contributed by atoms with van der Waals surface area (Å²) < 4.78 is 0. The maximum atomic E-state index is 10.7. The first-order valence-corrected chi connectivity index (χ1v) is 6.51. The van der Waals surface area contributed by atoms with Crippen molar-refractivity contribution in [3.63, 3.8) is 0 Å². The molecule has 1 aromatic heterocycles. The van der Waals surface area contributed by atoms with Gasteiger partial charge in [-0.3, -0.25) is 9.78 Å². The summed E-state index contributed by atoms with van der Waals surface area (Å²) in [5.41, 5.74) is 9.56. The highest BCUT2D eigenvalue weighted by atomic mass is 16.1. The minimum atomic E-state index is -0.278. The molecule has 0 spiro atoms. The highest BCUT2D eigenvalue weighted by Crippen LogP contribution is 2.19. The molecule has 1 heterocycles. The Balaban J connectivity index is 2.15. The van der Waals surface area contributed by atoms with Gasteiger partial charge in [-0.2, -0.15) is 0 Å². The third-order valence-electron chi connectivity index (χ3n) is 3.12. The fraction of sp³-hybridized carbons (Fsp3) is 0.250. The van der Waals surface area contributed by atoms with Gasteiger partial charge in [0.1, 0.15) is 0 Å². The van der Waals surface area contributed by atoms with Gasteiger partial charge in [0, 0.05) is 18.2 Å². The number of pyridine rings is 1. The number of amides is 1. The molecule has 0 unspecified atom stereocenters. The Hall–Kier alpha value is -2.16. The molecule has 0 bridgehead atoms. The van der Waals surface area contributed by atoms with E-state index in [4.69, 9.17) is 5.73 Å². The lowest BCUT2D eigenvalue weighted by atomic mass is 10.0. The standard InChI is InChI=1S/C16H18N2O/c1-2-12-4-3-5-14(10-12)15-8-6-13(11-18-15)7-9-16(17)19/h3-6,8,10-11H,2,7,9H2,1H3,(H2,17,19). The Morgan fingerprint density at radius 1 is 1.21 bits per heavy atom. The van der Waals surface area contributed by atoms with Crippen molar-refractivity contribution in [3.05, 3.63) is 53.7 Å². The molecule has 3 heteroatoms. The summed E-state index contributed by atoms with van der Waals surface area (Å²) in [6.45, 7) is 2.14. The van der Waals surface area contributed by atoms with Crippen LogP contribution in [0.1, 0.15) is 24.5 Å². The number of carbonyl (C=O) groups excluding carboxylic acids is 1. The lowest BCUT2D eigenvalue weighted by molar-refractivity contribution is -0.117. The second kappa shape index (κ2) is 6.14. The number of aromatic nitrogens is 1. The van der Waals surface area contributed by atoms with E-state index in [0.717, 1.165) is 23.2 Å². The number of hydrogen-bond acceptors (Lipinski definition) is 2. The summed E-state index contributed by atoms with van der Waals surface area (Å²) in [7, 11) is 0. The molecule has 0 fully saturated rings. The van der Waals surface area contributed by atoms with Crippen molar-refractivity contribution in [2.24, 2.45) is 5.73 Å². The number of aryl methyl sites for hydroxylation is 2. The summed E-state index contributed by atoms with van der Waals surface area (Å²) in [5, 5.41) is 0. The van der Waals surface area contributed by atoms with Crippen LogP contribution in [0.3, 0.4) is 0 Å². The number of nitrogens with zero attached hydrogens (tertiary/aromatic N) is 1. The summed E-state index contributed by atoms with van der Waals surface area (Å²) >= 11 is 0. The minimum Gasteiger partial charge on any atom is -0.370 e. The molecule has 0 aliphatic carbocycles. The van der Waals surface area contributed by atoms with E-state index in [2.05, 4.69) is 36.2 Å². The first-order valence-electron chi connectivity index (χ1n) is 6.51. The van der Waals surface area contributed by atoms with Gasteiger partial charge in [-0.1, -0.05) is 31.2 Å². The van der Waals surface area contributed by atoms with Crippen molar-refractivity contribution in [3.8, 4) is 11.3 Å². The number of hydrogen-bond donors (Lipinski definition) is 1. The summed E-state index contributed by atoms with van der Waals surface area (Å²) in [6, 6.07) is 12.4. The fourth-order valence-electron chi connectivity index (χ4n) is 1.96. The summed E-state index contributed by atoms with van der Waals surface area (Å²) in [6.07, 6.45) is 3.85. The van der Waals surface area contributed by atoms with Crippen LogP contribution in [0.15, 0.2) is 42.6 Å². The van der Waals surface area contributed by atoms with Crippen LogP contribution < -0.4 is 5.73 Å². The van der Waals surface area contributed by atoms with Gasteiger partial charge < -0.3 is 5.73 Å². The number of benzene rings is 1. The van der Waals surface area contributed by atoms with E-state index >= 15 is 0 Å². The maximum Gasteiger partial charge on any atom is 0.217 e. The Bertz CT molecular complexity index is 561. The summed E-state index contributed by atoms with van der Waals surface area (Å²) in [5.74, 6) is -0.278. The Kier molecular flexibility index (Phi) is 4.29. The van der Waals surface area contributed by atoms with Crippen LogP contribution in [-0.2, 0) is 17.6 Å². The third-order valence-corrected chi connectivity index (χ3v) is 3.12. The molecule has 3 nitrogen and oxygen atoms in total. The average molecular weight is 254 g/mol. The second-order valence-corrected chi connectivity index (χ2v) is 4.57. The molecule has 98 valence electrons. The van der Waals surface area contributed by atoms with E-state index in [1.165, 1.54) is 5.56 Å². The largest absolute Gasteiger partial charge is 0.370 e. The van der Waals surface area contributed by atoms with Gasteiger partial charge in [0.05, 0.1) is 5.69 Å². The first kappa shape index (κ1) is 13.3. The van der Waals surface area contributed by atoms with Crippen molar-refractivity contribution in [2.75, 3.05) is 0 Å². The molecular formula is C16H18N2O. The zero-order chi connectivity index (χ0) is 13.7. The predicted molar refractivity (Wildman–Crippen MR) is 76.6 cm³/mol. The fourth-order valence-corrected chi connectivity index (χ4v) is 1.96. The normalized spacial score (nSPS) is 10.4. The summed E-state index contributed by atoms with van der Waals surface area (Å²) in [4.78, 5) is 15.2.